The van der Waals surface area contributed by atoms with E-state index in [1.165, 1.54) is 10.1 Å². The number of pyridine rings is 1. The molecule has 0 radical (unpaired) electrons. The van der Waals surface area contributed by atoms with E-state index >= 15 is 0 Å². The molecule has 0 N–H and O–H groups in total. The number of thiophene rings is 1. The zero-order valence-corrected chi connectivity index (χ0v) is 9.78. The van der Waals surface area contributed by atoms with E-state index in [4.69, 9.17) is 0 Å². The van der Waals surface area contributed by atoms with Crippen LogP contribution in [0.2, 0.25) is 0 Å². The van der Waals surface area contributed by atoms with E-state index in [0.717, 1.165) is 16.9 Å². The lowest BCUT2D eigenvalue weighted by atomic mass is 10.2. The Morgan fingerprint density at radius 2 is 2.00 bits per heavy atom. The van der Waals surface area contributed by atoms with Gasteiger partial charge in [0.15, 0.2) is 6.29 Å². The van der Waals surface area contributed by atoms with Crippen molar-refractivity contribution in [3.63, 3.8) is 0 Å². The van der Waals surface area contributed by atoms with Gasteiger partial charge in [-0.3, -0.25) is 9.78 Å². The third-order valence-corrected chi connectivity index (χ3v) is 3.74. The van der Waals surface area contributed by atoms with Crippen molar-refractivity contribution < 1.29 is 4.79 Å². The van der Waals surface area contributed by atoms with Crippen molar-refractivity contribution in [2.24, 2.45) is 0 Å². The third kappa shape index (κ3) is 1.85. The molecule has 0 aliphatic rings. The molecule has 0 saturated heterocycles. The van der Waals surface area contributed by atoms with E-state index in [0.29, 0.717) is 5.56 Å². The molecule has 82 valence electrons. The number of fused-ring (bicyclic) bond motifs is 1. The molecule has 0 aliphatic heterocycles. The van der Waals surface area contributed by atoms with E-state index in [1.54, 1.807) is 23.6 Å². The molecule has 0 bridgehead atoms. The largest absolute Gasteiger partial charge is 0.298 e. The summed E-state index contributed by atoms with van der Waals surface area (Å²) in [7, 11) is 0. The summed E-state index contributed by atoms with van der Waals surface area (Å²) in [6.07, 6.45) is 2.41. The van der Waals surface area contributed by atoms with Gasteiger partial charge in [0, 0.05) is 16.5 Å². The van der Waals surface area contributed by atoms with Crippen molar-refractivity contribution in [1.29, 1.82) is 0 Å². The minimum Gasteiger partial charge on any atom is -0.298 e. The highest BCUT2D eigenvalue weighted by Crippen LogP contribution is 2.32. The van der Waals surface area contributed by atoms with Crippen molar-refractivity contribution in [2.75, 3.05) is 0 Å². The molecule has 0 fully saturated rings. The first-order chi connectivity index (χ1) is 8.36. The summed E-state index contributed by atoms with van der Waals surface area (Å²) in [5.74, 6) is 0. The first kappa shape index (κ1) is 10.2. The van der Waals surface area contributed by atoms with Gasteiger partial charge in [-0.2, -0.15) is 0 Å². The molecule has 0 amide bonds. The minimum atomic E-state index is 0.606. The maximum atomic E-state index is 10.6. The number of benzene rings is 1. The third-order valence-electron chi connectivity index (χ3n) is 2.60. The van der Waals surface area contributed by atoms with E-state index in [1.807, 2.05) is 18.2 Å². The van der Waals surface area contributed by atoms with Crippen LogP contribution in [0.3, 0.4) is 0 Å². The molecule has 0 unspecified atom stereocenters. The van der Waals surface area contributed by atoms with E-state index in [2.05, 4.69) is 23.2 Å². The van der Waals surface area contributed by atoms with Gasteiger partial charge in [-0.05, 0) is 29.7 Å². The zero-order valence-electron chi connectivity index (χ0n) is 8.96. The first-order valence-electron chi connectivity index (χ1n) is 5.27. The second-order valence-electron chi connectivity index (χ2n) is 3.74. The number of aromatic nitrogens is 1. The van der Waals surface area contributed by atoms with Crippen LogP contribution in [-0.2, 0) is 0 Å². The van der Waals surface area contributed by atoms with Gasteiger partial charge in [-0.15, -0.1) is 11.3 Å². The fourth-order valence-electron chi connectivity index (χ4n) is 1.73. The Bertz CT molecular complexity index is 637. The van der Waals surface area contributed by atoms with Gasteiger partial charge in [0.2, 0.25) is 0 Å². The molecule has 2 heterocycles. The Morgan fingerprint density at radius 3 is 2.71 bits per heavy atom. The Balaban J connectivity index is 2.10. The van der Waals surface area contributed by atoms with Crippen LogP contribution in [0.15, 0.2) is 48.7 Å². The maximum Gasteiger partial charge on any atom is 0.151 e. The molecule has 0 spiro atoms. The molecule has 17 heavy (non-hydrogen) atoms. The van der Waals surface area contributed by atoms with E-state index in [9.17, 15) is 4.79 Å². The summed E-state index contributed by atoms with van der Waals surface area (Å²) >= 11 is 1.71. The fraction of sp³-hybridized carbons (Fsp3) is 0. The van der Waals surface area contributed by atoms with Crippen molar-refractivity contribution in [3.8, 4) is 10.6 Å². The molecule has 2 nitrogen and oxygen atoms in total. The quantitative estimate of drug-likeness (QED) is 0.637. The first-order valence-corrected chi connectivity index (χ1v) is 6.08. The van der Waals surface area contributed by atoms with E-state index in [-0.39, 0.29) is 0 Å². The van der Waals surface area contributed by atoms with Gasteiger partial charge >= 0.3 is 0 Å². The second kappa shape index (κ2) is 4.11. The SMILES string of the molecule is O=Cc1ccc(-c2cc3ccccc3s2)nc1. The van der Waals surface area contributed by atoms with Gasteiger partial charge in [-0.25, -0.2) is 0 Å². The zero-order chi connectivity index (χ0) is 11.7. The summed E-state index contributed by atoms with van der Waals surface area (Å²) in [6, 6.07) is 14.1. The molecular formula is C14H9NOS. The smallest absolute Gasteiger partial charge is 0.151 e. The van der Waals surface area contributed by atoms with Crippen molar-refractivity contribution in [3.05, 3.63) is 54.2 Å². The Morgan fingerprint density at radius 1 is 1.12 bits per heavy atom. The van der Waals surface area contributed by atoms with Gasteiger partial charge in [0.25, 0.3) is 0 Å². The summed E-state index contributed by atoms with van der Waals surface area (Å²) in [5, 5.41) is 1.23. The van der Waals surface area contributed by atoms with Crippen LogP contribution in [0, 0.1) is 0 Å². The number of nitrogens with zero attached hydrogens (tertiary/aromatic N) is 1. The molecule has 0 aliphatic carbocycles. The highest BCUT2D eigenvalue weighted by Gasteiger charge is 2.04. The number of hydrogen-bond donors (Lipinski definition) is 0. The Labute approximate surface area is 103 Å². The molecule has 1 aromatic carbocycles. The van der Waals surface area contributed by atoms with Crippen LogP contribution < -0.4 is 0 Å². The van der Waals surface area contributed by atoms with Crippen LogP contribution in [0.25, 0.3) is 20.7 Å². The van der Waals surface area contributed by atoms with Gasteiger partial charge in [-0.1, -0.05) is 18.2 Å². The van der Waals surface area contributed by atoms with Crippen LogP contribution in [-0.4, -0.2) is 11.3 Å². The summed E-state index contributed by atoms with van der Waals surface area (Å²) in [5.41, 5.74) is 1.52. The highest BCUT2D eigenvalue weighted by atomic mass is 32.1. The highest BCUT2D eigenvalue weighted by molar-refractivity contribution is 7.22. The second-order valence-corrected chi connectivity index (χ2v) is 4.83. The minimum absolute atomic E-state index is 0.606. The van der Waals surface area contributed by atoms with Gasteiger partial charge in [0.1, 0.15) is 0 Å². The average molecular weight is 239 g/mol. The normalized spacial score (nSPS) is 10.6. The molecule has 3 rings (SSSR count). The van der Waals surface area contributed by atoms with Crippen LogP contribution >= 0.6 is 11.3 Å². The van der Waals surface area contributed by atoms with Crippen LogP contribution in [0.4, 0.5) is 0 Å². The Kier molecular flexibility index (Phi) is 2.46. The number of aldehydes is 1. The standard InChI is InChI=1S/C14H9NOS/c16-9-10-5-6-12(15-8-10)14-7-11-3-1-2-4-13(11)17-14/h1-9H. The Hall–Kier alpha value is -2.00. The summed E-state index contributed by atoms with van der Waals surface area (Å²) in [4.78, 5) is 16.0. The van der Waals surface area contributed by atoms with Crippen LogP contribution in [0.5, 0.6) is 0 Å². The maximum absolute atomic E-state index is 10.6. The fourth-order valence-corrected chi connectivity index (χ4v) is 2.77. The van der Waals surface area contributed by atoms with Crippen molar-refractivity contribution in [1.82, 2.24) is 4.98 Å². The molecule has 3 aromatic rings. The lowest BCUT2D eigenvalue weighted by Crippen LogP contribution is -1.83. The monoisotopic (exact) mass is 239 g/mol. The van der Waals surface area contributed by atoms with Crippen molar-refractivity contribution in [2.45, 2.75) is 0 Å². The number of rotatable bonds is 2. The molecule has 0 atom stereocenters. The van der Waals surface area contributed by atoms with Gasteiger partial charge in [0.05, 0.1) is 10.6 Å². The molecule has 2 aromatic heterocycles. The van der Waals surface area contributed by atoms with Gasteiger partial charge < -0.3 is 0 Å². The van der Waals surface area contributed by atoms with E-state index < -0.39 is 0 Å². The number of carbonyl (C=O) groups excluding carboxylic acids is 1. The summed E-state index contributed by atoms with van der Waals surface area (Å²) in [6.45, 7) is 0. The number of hydrogen-bond acceptors (Lipinski definition) is 3. The lowest BCUT2D eigenvalue weighted by Gasteiger charge is -1.95. The van der Waals surface area contributed by atoms with Crippen molar-refractivity contribution >= 4 is 27.7 Å². The molecule has 3 heteroatoms. The lowest BCUT2D eigenvalue weighted by molar-refractivity contribution is 0.112. The van der Waals surface area contributed by atoms with Crippen LogP contribution in [0.1, 0.15) is 10.4 Å². The molecule has 0 saturated carbocycles. The average Bonchev–Trinajstić information content (AvgIpc) is 2.82. The molecular weight excluding hydrogens is 230 g/mol. The topological polar surface area (TPSA) is 30.0 Å². The predicted molar refractivity (Wildman–Crippen MR) is 70.4 cm³/mol. The number of carbonyl (C=O) groups is 1. The summed E-state index contributed by atoms with van der Waals surface area (Å²) < 4.78 is 1.25. The predicted octanol–water partition coefficient (Wildman–Crippen LogP) is 3.78.